The van der Waals surface area contributed by atoms with E-state index in [1.54, 1.807) is 4.90 Å². The van der Waals surface area contributed by atoms with Crippen molar-refractivity contribution < 1.29 is 9.59 Å². The highest BCUT2D eigenvalue weighted by molar-refractivity contribution is 7.98. The van der Waals surface area contributed by atoms with Crippen molar-refractivity contribution in [1.82, 2.24) is 14.9 Å². The van der Waals surface area contributed by atoms with Crippen LogP contribution in [0.1, 0.15) is 48.0 Å². The highest BCUT2D eigenvalue weighted by atomic mass is 35.5. The van der Waals surface area contributed by atoms with Gasteiger partial charge in [-0.3, -0.25) is 9.59 Å². The molecule has 1 aromatic carbocycles. The molecule has 0 unspecified atom stereocenters. The molecule has 2 aliphatic rings. The molecule has 0 atom stereocenters. The lowest BCUT2D eigenvalue weighted by atomic mass is 9.96. The van der Waals surface area contributed by atoms with E-state index < -0.39 is 0 Å². The number of hydrogen-bond acceptors (Lipinski definition) is 6. The topological polar surface area (TPSA) is 92.4 Å². The molecular weight excluding hydrogens is 446 g/mol. The Balaban J connectivity index is 1.39. The zero-order valence-electron chi connectivity index (χ0n) is 18.0. The van der Waals surface area contributed by atoms with Gasteiger partial charge in [0.2, 0.25) is 5.91 Å². The molecule has 2 aromatic rings. The van der Waals surface area contributed by atoms with Crippen molar-refractivity contribution in [2.24, 2.45) is 11.7 Å². The van der Waals surface area contributed by atoms with Crippen LogP contribution in [0.5, 0.6) is 0 Å². The number of amides is 2. The number of carbonyl (C=O) groups excluding carboxylic acids is 2. The molecule has 7 nitrogen and oxygen atoms in total. The number of likely N-dealkylation sites (tertiary alicyclic amines) is 1. The normalized spacial score (nSPS) is 17.4. The first kappa shape index (κ1) is 22.9. The Kier molecular flexibility index (Phi) is 7.52. The van der Waals surface area contributed by atoms with Crippen LogP contribution < -0.4 is 10.6 Å². The summed E-state index contributed by atoms with van der Waals surface area (Å²) in [5.41, 5.74) is 7.07. The Labute approximate surface area is 197 Å². The second kappa shape index (κ2) is 10.5. The van der Waals surface area contributed by atoms with Crippen molar-refractivity contribution in [2.45, 2.75) is 43.0 Å². The van der Waals surface area contributed by atoms with Gasteiger partial charge in [-0.05, 0) is 49.8 Å². The molecule has 1 aromatic heterocycles. The number of halogens is 1. The summed E-state index contributed by atoms with van der Waals surface area (Å²) in [6.45, 7) is 3.11. The number of thioether (sulfide) groups is 1. The minimum atomic E-state index is -0.275. The van der Waals surface area contributed by atoms with Gasteiger partial charge in [-0.25, -0.2) is 9.97 Å². The molecule has 0 saturated carbocycles. The molecule has 2 amide bonds. The summed E-state index contributed by atoms with van der Waals surface area (Å²) in [7, 11) is 0. The molecule has 0 aliphatic carbocycles. The molecule has 9 heteroatoms. The summed E-state index contributed by atoms with van der Waals surface area (Å²) in [4.78, 5) is 37.4. The summed E-state index contributed by atoms with van der Waals surface area (Å²) in [5, 5.41) is 1.09. The van der Waals surface area contributed by atoms with Crippen LogP contribution in [0.2, 0.25) is 5.15 Å². The van der Waals surface area contributed by atoms with Crippen molar-refractivity contribution in [2.75, 3.05) is 31.1 Å². The van der Waals surface area contributed by atoms with Gasteiger partial charge in [0, 0.05) is 49.5 Å². The number of benzene rings is 1. The Morgan fingerprint density at radius 3 is 2.53 bits per heavy atom. The fourth-order valence-corrected chi connectivity index (χ4v) is 5.25. The van der Waals surface area contributed by atoms with Gasteiger partial charge >= 0.3 is 0 Å². The summed E-state index contributed by atoms with van der Waals surface area (Å²) in [6, 6.07) is 9.49. The first-order chi connectivity index (χ1) is 15.5. The molecule has 0 spiro atoms. The number of carbonyl (C=O) groups is 2. The lowest BCUT2D eigenvalue weighted by Crippen LogP contribution is -2.41. The molecular formula is C23H28ClN5O2S. The maximum absolute atomic E-state index is 12.9. The third kappa shape index (κ3) is 5.72. The number of rotatable bonds is 6. The first-order valence-electron chi connectivity index (χ1n) is 11.1. The maximum Gasteiger partial charge on any atom is 0.253 e. The maximum atomic E-state index is 12.9. The zero-order chi connectivity index (χ0) is 22.5. The van der Waals surface area contributed by atoms with Crippen LogP contribution in [0.25, 0.3) is 0 Å². The van der Waals surface area contributed by atoms with Crippen LogP contribution in [0, 0.1) is 5.92 Å². The number of anilines is 1. The third-order valence-electron chi connectivity index (χ3n) is 6.07. The number of hydrogen-bond donors (Lipinski definition) is 1. The lowest BCUT2D eigenvalue weighted by molar-refractivity contribution is -0.123. The van der Waals surface area contributed by atoms with Crippen LogP contribution in [0.15, 0.2) is 35.5 Å². The quantitative estimate of drug-likeness (QED) is 0.390. The monoisotopic (exact) mass is 473 g/mol. The highest BCUT2D eigenvalue weighted by Crippen LogP contribution is 2.27. The van der Waals surface area contributed by atoms with E-state index in [0.29, 0.717) is 47.6 Å². The average Bonchev–Trinajstić information content (AvgIpc) is 2.83. The second-order valence-electron chi connectivity index (χ2n) is 8.34. The molecule has 3 heterocycles. The minimum absolute atomic E-state index is 0.00818. The van der Waals surface area contributed by atoms with Gasteiger partial charge in [-0.2, -0.15) is 0 Å². The summed E-state index contributed by atoms with van der Waals surface area (Å²) in [6.07, 6.45) is 4.86. The van der Waals surface area contributed by atoms with Crippen LogP contribution in [0.3, 0.4) is 0 Å². The average molecular weight is 474 g/mol. The molecule has 0 radical (unpaired) electrons. The van der Waals surface area contributed by atoms with Crippen LogP contribution in [0.4, 0.5) is 5.82 Å². The van der Waals surface area contributed by atoms with E-state index in [1.807, 2.05) is 30.3 Å². The largest absolute Gasteiger partial charge is 0.369 e. The number of piperidine rings is 2. The number of nitrogens with zero attached hydrogens (tertiary/aromatic N) is 4. The number of nitrogens with two attached hydrogens (primary N) is 1. The second-order valence-corrected chi connectivity index (χ2v) is 9.67. The van der Waals surface area contributed by atoms with Crippen molar-refractivity contribution in [1.29, 1.82) is 0 Å². The van der Waals surface area contributed by atoms with Gasteiger partial charge in [0.25, 0.3) is 5.91 Å². The standard InChI is InChI=1S/C23H28ClN5O2S/c24-19-14-20(28-9-2-1-3-10-28)27-23(26-19)32-15-16-5-4-6-18(13-16)22(31)29-11-7-17(8-12-29)21(25)30/h4-6,13-14,17H,1-3,7-12,15H2,(H2,25,30). The lowest BCUT2D eigenvalue weighted by Gasteiger charge is -2.30. The summed E-state index contributed by atoms with van der Waals surface area (Å²) >= 11 is 7.78. The van der Waals surface area contributed by atoms with Crippen molar-refractivity contribution in [3.8, 4) is 0 Å². The van der Waals surface area contributed by atoms with Crippen molar-refractivity contribution in [3.63, 3.8) is 0 Å². The van der Waals surface area contributed by atoms with E-state index in [9.17, 15) is 9.59 Å². The predicted octanol–water partition coefficient (Wildman–Crippen LogP) is 3.75. The Bertz CT molecular complexity index is 975. The van der Waals surface area contributed by atoms with E-state index in [4.69, 9.17) is 22.3 Å². The van der Waals surface area contributed by atoms with Crippen molar-refractivity contribution >= 4 is 41.0 Å². The fourth-order valence-electron chi connectivity index (χ4n) is 4.23. The van der Waals surface area contributed by atoms with Crippen LogP contribution in [-0.2, 0) is 10.5 Å². The smallest absolute Gasteiger partial charge is 0.253 e. The molecule has 170 valence electrons. The molecule has 0 bridgehead atoms. The molecule has 2 fully saturated rings. The molecule has 4 rings (SSSR count). The van der Waals surface area contributed by atoms with Crippen LogP contribution in [-0.4, -0.2) is 52.9 Å². The van der Waals surface area contributed by atoms with Crippen LogP contribution >= 0.6 is 23.4 Å². The number of primary amides is 1. The summed E-state index contributed by atoms with van der Waals surface area (Å²) in [5.74, 6) is 1.11. The predicted molar refractivity (Wildman–Crippen MR) is 127 cm³/mol. The third-order valence-corrected chi connectivity index (χ3v) is 7.18. The zero-order valence-corrected chi connectivity index (χ0v) is 19.6. The Morgan fingerprint density at radius 1 is 1.06 bits per heavy atom. The molecule has 32 heavy (non-hydrogen) atoms. The highest BCUT2D eigenvalue weighted by Gasteiger charge is 2.26. The molecule has 2 saturated heterocycles. The Hall–Kier alpha value is -2.32. The van der Waals surface area contributed by atoms with Gasteiger partial charge in [-0.15, -0.1) is 0 Å². The van der Waals surface area contributed by atoms with E-state index in [-0.39, 0.29) is 17.7 Å². The fraction of sp³-hybridized carbons (Fsp3) is 0.478. The van der Waals surface area contributed by atoms with E-state index in [1.165, 1.54) is 31.0 Å². The van der Waals surface area contributed by atoms with Gasteiger partial charge < -0.3 is 15.5 Å². The SMILES string of the molecule is NC(=O)C1CCN(C(=O)c2cccc(CSc3nc(Cl)cc(N4CCCCC4)n3)c2)CC1. The van der Waals surface area contributed by atoms with Gasteiger partial charge in [0.15, 0.2) is 5.16 Å². The van der Waals surface area contributed by atoms with Gasteiger partial charge in [-0.1, -0.05) is 35.5 Å². The number of aromatic nitrogens is 2. The first-order valence-corrected chi connectivity index (χ1v) is 12.5. The minimum Gasteiger partial charge on any atom is -0.369 e. The molecule has 2 aliphatic heterocycles. The van der Waals surface area contributed by atoms with E-state index in [0.717, 1.165) is 24.5 Å². The van der Waals surface area contributed by atoms with Crippen molar-refractivity contribution in [3.05, 3.63) is 46.6 Å². The summed E-state index contributed by atoms with van der Waals surface area (Å²) < 4.78 is 0. The van der Waals surface area contributed by atoms with Gasteiger partial charge in [0.1, 0.15) is 11.0 Å². The molecule has 2 N–H and O–H groups in total. The van der Waals surface area contributed by atoms with Gasteiger partial charge in [0.05, 0.1) is 0 Å². The Morgan fingerprint density at radius 2 is 1.81 bits per heavy atom. The van der Waals surface area contributed by atoms with E-state index >= 15 is 0 Å². The van der Waals surface area contributed by atoms with E-state index in [2.05, 4.69) is 9.88 Å².